The molecule has 0 radical (unpaired) electrons. The number of rotatable bonds is 7. The lowest BCUT2D eigenvalue weighted by Crippen LogP contribution is -2.17. The molecule has 3 rings (SSSR count). The maximum Gasteiger partial charge on any atom is 0.274 e. The number of benzene rings is 2. The molecule has 0 fully saturated rings. The van der Waals surface area contributed by atoms with Crippen LogP contribution in [0.3, 0.4) is 0 Å². The number of hydrogen-bond acceptors (Lipinski definition) is 5. The second-order valence-corrected chi connectivity index (χ2v) is 6.90. The maximum atomic E-state index is 12.8. The summed E-state index contributed by atoms with van der Waals surface area (Å²) in [5.74, 6) is 1.78. The average Bonchev–Trinajstić information content (AvgIpc) is 2.70. The van der Waals surface area contributed by atoms with E-state index in [9.17, 15) is 4.79 Å². The molecule has 0 spiro atoms. The number of hydrogen-bond donors (Lipinski definition) is 2. The number of anilines is 2. The van der Waals surface area contributed by atoms with Gasteiger partial charge in [0, 0.05) is 18.3 Å². The van der Waals surface area contributed by atoms with Gasteiger partial charge in [0.05, 0.1) is 7.11 Å². The highest BCUT2D eigenvalue weighted by Gasteiger charge is 2.13. The quantitative estimate of drug-likeness (QED) is 0.628. The van der Waals surface area contributed by atoms with Crippen molar-refractivity contribution in [3.05, 3.63) is 76.7 Å². The number of amides is 1. The van der Waals surface area contributed by atoms with Gasteiger partial charge in [-0.3, -0.25) is 4.79 Å². The van der Waals surface area contributed by atoms with Gasteiger partial charge in [0.2, 0.25) is 0 Å². The molecular formula is C23H26N4O2. The topological polar surface area (TPSA) is 76.1 Å². The molecule has 1 amide bonds. The third kappa shape index (κ3) is 5.10. The second kappa shape index (κ2) is 9.19. The highest BCUT2D eigenvalue weighted by molar-refractivity contribution is 6.04. The van der Waals surface area contributed by atoms with Gasteiger partial charge in [-0.15, -0.1) is 0 Å². The maximum absolute atomic E-state index is 12.8. The molecule has 1 aromatic heterocycles. The number of nitrogens with zero attached hydrogens (tertiary/aromatic N) is 2. The minimum atomic E-state index is -0.249. The van der Waals surface area contributed by atoms with Crippen LogP contribution >= 0.6 is 0 Å². The Labute approximate surface area is 171 Å². The van der Waals surface area contributed by atoms with Gasteiger partial charge in [-0.1, -0.05) is 36.4 Å². The summed E-state index contributed by atoms with van der Waals surface area (Å²) in [7, 11) is 1.67. The minimum Gasteiger partial charge on any atom is -0.496 e. The largest absolute Gasteiger partial charge is 0.496 e. The lowest BCUT2D eigenvalue weighted by molar-refractivity contribution is 0.102. The number of nitrogens with one attached hydrogen (secondary N) is 2. The molecule has 150 valence electrons. The summed E-state index contributed by atoms with van der Waals surface area (Å²) in [5, 5.41) is 6.25. The van der Waals surface area contributed by atoms with Gasteiger partial charge in [-0.25, -0.2) is 9.97 Å². The van der Waals surface area contributed by atoms with Crippen LogP contribution in [0.15, 0.2) is 48.5 Å². The van der Waals surface area contributed by atoms with E-state index < -0.39 is 0 Å². The lowest BCUT2D eigenvalue weighted by atomic mass is 10.1. The smallest absolute Gasteiger partial charge is 0.274 e. The fourth-order valence-electron chi connectivity index (χ4n) is 3.20. The van der Waals surface area contributed by atoms with E-state index in [0.717, 1.165) is 34.5 Å². The van der Waals surface area contributed by atoms with Gasteiger partial charge in [-0.2, -0.15) is 0 Å². The SMILES string of the molecule is COc1ccccc1CCNc1cc(C(=O)Nc2c(C)cccc2C)nc(C)n1. The van der Waals surface area contributed by atoms with Gasteiger partial charge in [0.25, 0.3) is 5.91 Å². The Morgan fingerprint density at radius 3 is 2.45 bits per heavy atom. The van der Waals surface area contributed by atoms with Crippen LogP contribution in [0.1, 0.15) is 33.0 Å². The summed E-state index contributed by atoms with van der Waals surface area (Å²) in [6, 6.07) is 15.5. The molecule has 2 aromatic carbocycles. The molecule has 0 unspecified atom stereocenters. The Balaban J connectivity index is 1.70. The predicted molar refractivity (Wildman–Crippen MR) is 116 cm³/mol. The molecule has 0 aliphatic rings. The lowest BCUT2D eigenvalue weighted by Gasteiger charge is -2.13. The Morgan fingerprint density at radius 1 is 1.00 bits per heavy atom. The summed E-state index contributed by atoms with van der Waals surface area (Å²) in [6.45, 7) is 6.38. The molecular weight excluding hydrogens is 364 g/mol. The summed E-state index contributed by atoms with van der Waals surface area (Å²) < 4.78 is 5.39. The number of aromatic nitrogens is 2. The van der Waals surface area contributed by atoms with Crippen molar-refractivity contribution in [2.24, 2.45) is 0 Å². The molecule has 0 aliphatic heterocycles. The van der Waals surface area contributed by atoms with Crippen LogP contribution in [-0.2, 0) is 6.42 Å². The fraction of sp³-hybridized carbons (Fsp3) is 0.261. The molecule has 0 bridgehead atoms. The first-order valence-electron chi connectivity index (χ1n) is 9.57. The molecule has 0 atom stereocenters. The number of ether oxygens (including phenoxy) is 1. The van der Waals surface area contributed by atoms with Gasteiger partial charge >= 0.3 is 0 Å². The van der Waals surface area contributed by atoms with Crippen molar-refractivity contribution in [3.63, 3.8) is 0 Å². The van der Waals surface area contributed by atoms with Crippen LogP contribution in [-0.4, -0.2) is 29.5 Å². The number of methoxy groups -OCH3 is 1. The first-order chi connectivity index (χ1) is 14.0. The number of carbonyl (C=O) groups excluding carboxylic acids is 1. The van der Waals surface area contributed by atoms with E-state index >= 15 is 0 Å². The third-order valence-electron chi connectivity index (χ3n) is 4.68. The molecule has 0 saturated heterocycles. The second-order valence-electron chi connectivity index (χ2n) is 6.90. The number of para-hydroxylation sites is 2. The average molecular weight is 390 g/mol. The van der Waals surface area contributed by atoms with Crippen molar-refractivity contribution in [2.75, 3.05) is 24.3 Å². The summed E-state index contributed by atoms with van der Waals surface area (Å²) in [6.07, 6.45) is 0.775. The molecule has 2 N–H and O–H groups in total. The monoisotopic (exact) mass is 390 g/mol. The van der Waals surface area contributed by atoms with Crippen LogP contribution in [0.5, 0.6) is 5.75 Å². The van der Waals surface area contributed by atoms with Gasteiger partial charge in [-0.05, 0) is 49.9 Å². The van der Waals surface area contributed by atoms with Crippen molar-refractivity contribution in [3.8, 4) is 5.75 Å². The van der Waals surface area contributed by atoms with Crippen molar-refractivity contribution < 1.29 is 9.53 Å². The van der Waals surface area contributed by atoms with Gasteiger partial charge < -0.3 is 15.4 Å². The normalized spacial score (nSPS) is 10.5. The Morgan fingerprint density at radius 2 is 1.72 bits per heavy atom. The summed E-state index contributed by atoms with van der Waals surface area (Å²) in [4.78, 5) is 21.5. The first-order valence-corrected chi connectivity index (χ1v) is 9.57. The van der Waals surface area contributed by atoms with E-state index in [2.05, 4.69) is 20.6 Å². The first kappa shape index (κ1) is 20.3. The van der Waals surface area contributed by atoms with E-state index in [4.69, 9.17) is 4.74 Å². The van der Waals surface area contributed by atoms with Crippen molar-refractivity contribution in [2.45, 2.75) is 27.2 Å². The number of aryl methyl sites for hydroxylation is 3. The van der Waals surface area contributed by atoms with E-state index in [0.29, 0.717) is 23.9 Å². The van der Waals surface area contributed by atoms with Crippen LogP contribution in [0.4, 0.5) is 11.5 Å². The minimum absolute atomic E-state index is 0.249. The van der Waals surface area contributed by atoms with Crippen molar-refractivity contribution in [1.82, 2.24) is 9.97 Å². The van der Waals surface area contributed by atoms with E-state index in [1.165, 1.54) is 0 Å². The molecule has 6 heteroatoms. The van der Waals surface area contributed by atoms with Crippen LogP contribution in [0, 0.1) is 20.8 Å². The zero-order chi connectivity index (χ0) is 20.8. The molecule has 3 aromatic rings. The molecule has 0 saturated carbocycles. The van der Waals surface area contributed by atoms with E-state index in [-0.39, 0.29) is 5.91 Å². The van der Waals surface area contributed by atoms with Gasteiger partial charge in [0.15, 0.2) is 0 Å². The Bertz CT molecular complexity index is 997. The highest BCUT2D eigenvalue weighted by Crippen LogP contribution is 2.21. The third-order valence-corrected chi connectivity index (χ3v) is 4.68. The Kier molecular flexibility index (Phi) is 6.44. The molecule has 29 heavy (non-hydrogen) atoms. The number of carbonyl (C=O) groups is 1. The highest BCUT2D eigenvalue weighted by atomic mass is 16.5. The zero-order valence-corrected chi connectivity index (χ0v) is 17.2. The van der Waals surface area contributed by atoms with Crippen LogP contribution < -0.4 is 15.4 Å². The molecule has 6 nitrogen and oxygen atoms in total. The van der Waals surface area contributed by atoms with Crippen molar-refractivity contribution in [1.29, 1.82) is 0 Å². The molecule has 0 aliphatic carbocycles. The predicted octanol–water partition coefficient (Wildman–Crippen LogP) is 4.32. The Hall–Kier alpha value is -3.41. The summed E-state index contributed by atoms with van der Waals surface area (Å²) in [5.41, 5.74) is 4.29. The molecule has 1 heterocycles. The standard InChI is InChI=1S/C23H26N4O2/c1-15-8-7-9-16(2)22(15)27-23(28)19-14-21(26-17(3)25-19)24-13-12-18-10-5-6-11-20(18)29-4/h5-11,14H,12-13H2,1-4H3,(H,27,28)(H,24,25,26). The van der Waals surface area contributed by atoms with Crippen LogP contribution in [0.25, 0.3) is 0 Å². The zero-order valence-electron chi connectivity index (χ0n) is 17.2. The van der Waals surface area contributed by atoms with Crippen molar-refractivity contribution >= 4 is 17.4 Å². The summed E-state index contributed by atoms with van der Waals surface area (Å²) >= 11 is 0. The fourth-order valence-corrected chi connectivity index (χ4v) is 3.20. The van der Waals surface area contributed by atoms with E-state index in [1.54, 1.807) is 20.1 Å². The van der Waals surface area contributed by atoms with Gasteiger partial charge in [0.1, 0.15) is 23.1 Å². The van der Waals surface area contributed by atoms with Crippen LogP contribution in [0.2, 0.25) is 0 Å². The van der Waals surface area contributed by atoms with E-state index in [1.807, 2.05) is 56.3 Å².